The smallest absolute Gasteiger partial charge is 0.275 e. The summed E-state index contributed by atoms with van der Waals surface area (Å²) in [5.41, 5.74) is 4.34. The Morgan fingerprint density at radius 3 is 2.57 bits per heavy atom. The molecule has 0 saturated heterocycles. The average molecular weight is 333 g/mol. The van der Waals surface area contributed by atoms with Crippen molar-refractivity contribution in [3.8, 4) is 11.5 Å². The fourth-order valence-electron chi connectivity index (χ4n) is 2.04. The van der Waals surface area contributed by atoms with Crippen molar-refractivity contribution in [2.75, 3.05) is 7.11 Å². The molecular weight excluding hydrogens is 316 g/mol. The van der Waals surface area contributed by atoms with Crippen molar-refractivity contribution >= 4 is 23.2 Å². The maximum atomic E-state index is 12.3. The number of hydrogen-bond acceptors (Lipinski definition) is 4. The van der Waals surface area contributed by atoms with Gasteiger partial charge in [-0.25, -0.2) is 5.43 Å². The van der Waals surface area contributed by atoms with E-state index in [9.17, 15) is 9.90 Å². The van der Waals surface area contributed by atoms with Gasteiger partial charge in [0.25, 0.3) is 5.91 Å². The quantitative estimate of drug-likeness (QED) is 0.649. The molecule has 0 radical (unpaired) electrons. The summed E-state index contributed by atoms with van der Waals surface area (Å²) in [6.07, 6.45) is 0.623. The number of benzene rings is 2. The molecule has 120 valence electrons. The van der Waals surface area contributed by atoms with Gasteiger partial charge in [0.1, 0.15) is 11.5 Å². The van der Waals surface area contributed by atoms with E-state index in [-0.39, 0.29) is 5.75 Å². The van der Waals surface area contributed by atoms with Crippen LogP contribution in [0.1, 0.15) is 29.3 Å². The summed E-state index contributed by atoms with van der Waals surface area (Å²) in [7, 11) is 1.48. The second kappa shape index (κ2) is 7.65. The molecule has 6 heteroatoms. The van der Waals surface area contributed by atoms with Gasteiger partial charge in [-0.1, -0.05) is 18.5 Å². The van der Waals surface area contributed by atoms with Gasteiger partial charge in [0.2, 0.25) is 0 Å². The number of halogens is 1. The first-order valence-electron chi connectivity index (χ1n) is 7.05. The first-order valence-corrected chi connectivity index (χ1v) is 7.42. The van der Waals surface area contributed by atoms with Gasteiger partial charge in [-0.05, 0) is 54.4 Å². The molecule has 0 fully saturated rings. The number of methoxy groups -OCH3 is 1. The van der Waals surface area contributed by atoms with Crippen LogP contribution in [0.3, 0.4) is 0 Å². The Balaban J connectivity index is 2.22. The van der Waals surface area contributed by atoms with Crippen LogP contribution < -0.4 is 10.2 Å². The van der Waals surface area contributed by atoms with Crippen LogP contribution in [0, 0.1) is 0 Å². The predicted octanol–water partition coefficient (Wildman–Crippen LogP) is 3.60. The molecule has 2 aromatic rings. The maximum Gasteiger partial charge on any atom is 0.275 e. The van der Waals surface area contributed by atoms with Gasteiger partial charge in [-0.3, -0.25) is 4.79 Å². The number of nitrogens with zero attached hydrogens (tertiary/aromatic N) is 1. The summed E-state index contributed by atoms with van der Waals surface area (Å²) in [4.78, 5) is 12.3. The molecule has 0 spiro atoms. The number of hydrazone groups is 1. The second-order valence-corrected chi connectivity index (χ2v) is 5.18. The molecule has 0 bridgehead atoms. The van der Waals surface area contributed by atoms with Crippen molar-refractivity contribution in [2.24, 2.45) is 5.10 Å². The van der Waals surface area contributed by atoms with Crippen LogP contribution in [0.15, 0.2) is 47.6 Å². The number of rotatable bonds is 5. The molecule has 1 amide bonds. The molecule has 0 unspecified atom stereocenters. The monoisotopic (exact) mass is 332 g/mol. The Kier molecular flexibility index (Phi) is 5.60. The third-order valence-electron chi connectivity index (χ3n) is 3.23. The fraction of sp³-hybridized carbons (Fsp3) is 0.176. The molecule has 0 saturated carbocycles. The van der Waals surface area contributed by atoms with Crippen molar-refractivity contribution in [3.05, 3.63) is 58.6 Å². The van der Waals surface area contributed by atoms with Crippen LogP contribution in [-0.2, 0) is 0 Å². The van der Waals surface area contributed by atoms with Crippen LogP contribution in [0.5, 0.6) is 11.5 Å². The standard InChI is InChI=1S/C17H17ClN2O3/c1-3-15(11-4-7-13(21)8-5-11)19-20-17(22)14-10-12(18)6-9-16(14)23-2/h4-10,21H,3H2,1-2H3,(H,20,22)/b19-15+. The van der Waals surface area contributed by atoms with E-state index in [4.69, 9.17) is 16.3 Å². The highest BCUT2D eigenvalue weighted by Gasteiger charge is 2.13. The number of hydrogen-bond donors (Lipinski definition) is 2. The predicted molar refractivity (Wildman–Crippen MR) is 90.4 cm³/mol. The van der Waals surface area contributed by atoms with E-state index in [0.717, 1.165) is 5.56 Å². The number of carbonyl (C=O) groups excluding carboxylic acids is 1. The van der Waals surface area contributed by atoms with Crippen LogP contribution in [0.4, 0.5) is 0 Å². The molecule has 0 aliphatic heterocycles. The summed E-state index contributed by atoms with van der Waals surface area (Å²) in [5, 5.41) is 13.9. The van der Waals surface area contributed by atoms with E-state index in [1.54, 1.807) is 36.4 Å². The first-order chi connectivity index (χ1) is 11.0. The number of amides is 1. The van der Waals surface area contributed by atoms with Crippen LogP contribution in [-0.4, -0.2) is 23.8 Å². The topological polar surface area (TPSA) is 70.9 Å². The lowest BCUT2D eigenvalue weighted by molar-refractivity contribution is 0.0951. The Morgan fingerprint density at radius 2 is 1.96 bits per heavy atom. The summed E-state index contributed by atoms with van der Waals surface area (Å²) >= 11 is 5.92. The van der Waals surface area contributed by atoms with Crippen LogP contribution in [0.25, 0.3) is 0 Å². The van der Waals surface area contributed by atoms with E-state index >= 15 is 0 Å². The number of ether oxygens (including phenoxy) is 1. The SMILES string of the molecule is CC/C(=N\NC(=O)c1cc(Cl)ccc1OC)c1ccc(O)cc1. The Labute approximate surface area is 139 Å². The molecule has 0 aliphatic rings. The second-order valence-electron chi connectivity index (χ2n) is 4.74. The molecule has 2 N–H and O–H groups in total. The van der Waals surface area contributed by atoms with Gasteiger partial charge in [-0.15, -0.1) is 0 Å². The minimum atomic E-state index is -0.408. The summed E-state index contributed by atoms with van der Waals surface area (Å²) in [6, 6.07) is 11.4. The van der Waals surface area contributed by atoms with Gasteiger partial charge < -0.3 is 9.84 Å². The van der Waals surface area contributed by atoms with E-state index in [0.29, 0.717) is 28.5 Å². The molecule has 0 aliphatic carbocycles. The summed E-state index contributed by atoms with van der Waals surface area (Å²) < 4.78 is 5.16. The molecule has 0 aromatic heterocycles. The highest BCUT2D eigenvalue weighted by molar-refractivity contribution is 6.31. The van der Waals surface area contributed by atoms with Gasteiger partial charge in [0.15, 0.2) is 0 Å². The van der Waals surface area contributed by atoms with E-state index in [1.807, 2.05) is 6.92 Å². The number of phenolic OH excluding ortho intramolecular Hbond substituents is 1. The number of phenols is 1. The van der Waals surface area contributed by atoms with Gasteiger partial charge in [-0.2, -0.15) is 5.10 Å². The zero-order chi connectivity index (χ0) is 16.8. The highest BCUT2D eigenvalue weighted by atomic mass is 35.5. The Bertz CT molecular complexity index is 727. The molecular formula is C17H17ClN2O3. The number of aromatic hydroxyl groups is 1. The molecule has 5 nitrogen and oxygen atoms in total. The molecule has 0 atom stereocenters. The van der Waals surface area contributed by atoms with Crippen molar-refractivity contribution < 1.29 is 14.6 Å². The minimum Gasteiger partial charge on any atom is -0.508 e. The zero-order valence-electron chi connectivity index (χ0n) is 12.8. The highest BCUT2D eigenvalue weighted by Crippen LogP contribution is 2.22. The molecule has 23 heavy (non-hydrogen) atoms. The average Bonchev–Trinajstić information content (AvgIpc) is 2.56. The van der Waals surface area contributed by atoms with Crippen molar-refractivity contribution in [1.29, 1.82) is 0 Å². The van der Waals surface area contributed by atoms with Crippen molar-refractivity contribution in [1.82, 2.24) is 5.43 Å². The third-order valence-corrected chi connectivity index (χ3v) is 3.47. The Hall–Kier alpha value is -2.53. The van der Waals surface area contributed by atoms with E-state index < -0.39 is 5.91 Å². The summed E-state index contributed by atoms with van der Waals surface area (Å²) in [5.74, 6) is 0.191. The molecule has 0 heterocycles. The Morgan fingerprint density at radius 1 is 1.26 bits per heavy atom. The molecule has 2 aromatic carbocycles. The zero-order valence-corrected chi connectivity index (χ0v) is 13.6. The third kappa shape index (κ3) is 4.23. The number of nitrogens with one attached hydrogen (secondary N) is 1. The lowest BCUT2D eigenvalue weighted by atomic mass is 10.1. The lowest BCUT2D eigenvalue weighted by Gasteiger charge is -2.09. The van der Waals surface area contributed by atoms with E-state index in [1.165, 1.54) is 13.2 Å². The van der Waals surface area contributed by atoms with Crippen LogP contribution in [0.2, 0.25) is 5.02 Å². The van der Waals surface area contributed by atoms with Gasteiger partial charge >= 0.3 is 0 Å². The van der Waals surface area contributed by atoms with E-state index in [2.05, 4.69) is 10.5 Å². The van der Waals surface area contributed by atoms with Crippen molar-refractivity contribution in [2.45, 2.75) is 13.3 Å². The van der Waals surface area contributed by atoms with Crippen LogP contribution >= 0.6 is 11.6 Å². The van der Waals surface area contributed by atoms with Gasteiger partial charge in [0, 0.05) is 5.02 Å². The lowest BCUT2D eigenvalue weighted by Crippen LogP contribution is -2.20. The fourth-order valence-corrected chi connectivity index (χ4v) is 2.21. The van der Waals surface area contributed by atoms with Crippen molar-refractivity contribution in [3.63, 3.8) is 0 Å². The first kappa shape index (κ1) is 16.8. The normalized spacial score (nSPS) is 11.2. The summed E-state index contributed by atoms with van der Waals surface area (Å²) in [6.45, 7) is 1.93. The maximum absolute atomic E-state index is 12.3. The van der Waals surface area contributed by atoms with Gasteiger partial charge in [0.05, 0.1) is 18.4 Å². The largest absolute Gasteiger partial charge is 0.508 e. The minimum absolute atomic E-state index is 0.178. The number of carbonyl (C=O) groups is 1. The molecule has 2 rings (SSSR count).